The lowest BCUT2D eigenvalue weighted by Gasteiger charge is -2.30. The highest BCUT2D eigenvalue weighted by atomic mass is 32.2. The molecule has 0 saturated carbocycles. The molecule has 166 valence electrons. The fraction of sp³-hybridized carbons (Fsp3) is 0.440. The second-order valence-corrected chi connectivity index (χ2v) is 10.7. The van der Waals surface area contributed by atoms with Crippen LogP contribution < -0.4 is 5.32 Å². The zero-order valence-corrected chi connectivity index (χ0v) is 19.5. The number of aromatic amines is 1. The number of nitrogens with zero attached hydrogens (tertiary/aromatic N) is 1. The van der Waals surface area contributed by atoms with Crippen LogP contribution >= 0.6 is 0 Å². The van der Waals surface area contributed by atoms with Gasteiger partial charge in [0, 0.05) is 36.2 Å². The molecule has 1 aromatic heterocycles. The minimum atomic E-state index is -3.09. The molecule has 5 nitrogen and oxygen atoms in total. The summed E-state index contributed by atoms with van der Waals surface area (Å²) in [6.07, 6.45) is 3.85. The van der Waals surface area contributed by atoms with E-state index in [0.717, 1.165) is 24.9 Å². The number of hydrogen-bond acceptors (Lipinski definition) is 3. The van der Waals surface area contributed by atoms with Crippen LogP contribution in [0.3, 0.4) is 0 Å². The summed E-state index contributed by atoms with van der Waals surface area (Å²) in [7, 11) is -3.09. The molecule has 0 radical (unpaired) electrons. The van der Waals surface area contributed by atoms with Crippen molar-refractivity contribution in [1.29, 1.82) is 0 Å². The minimum absolute atomic E-state index is 0.180. The fourth-order valence-electron chi connectivity index (χ4n) is 4.70. The predicted molar refractivity (Wildman–Crippen MR) is 129 cm³/mol. The average molecular weight is 440 g/mol. The van der Waals surface area contributed by atoms with E-state index in [1.54, 1.807) is 11.2 Å². The third kappa shape index (κ3) is 4.56. The van der Waals surface area contributed by atoms with Crippen molar-refractivity contribution in [1.82, 2.24) is 14.6 Å². The van der Waals surface area contributed by atoms with Gasteiger partial charge in [-0.2, -0.15) is 0 Å². The largest absolute Gasteiger partial charge is 0.361 e. The monoisotopic (exact) mass is 439 g/mol. The highest BCUT2D eigenvalue weighted by Gasteiger charge is 2.28. The van der Waals surface area contributed by atoms with E-state index in [-0.39, 0.29) is 5.75 Å². The molecule has 0 amide bonds. The molecule has 0 spiro atoms. The zero-order chi connectivity index (χ0) is 22.0. The standard InChI is InChI=1S/C25H33N3O2S/c1-4-26-18(3)20-7-6-8-21(15-20)22-9-10-25-23(16-22)24(17-27-25)19-11-13-28(14-12-19)31(29,30)5-2/h6-10,15-19,26-27H,4-5,11-14H2,1-3H3. The Morgan fingerprint density at radius 1 is 1.10 bits per heavy atom. The van der Waals surface area contributed by atoms with Crippen molar-refractivity contribution in [3.63, 3.8) is 0 Å². The smallest absolute Gasteiger partial charge is 0.213 e. The van der Waals surface area contributed by atoms with Gasteiger partial charge in [0.25, 0.3) is 0 Å². The highest BCUT2D eigenvalue weighted by Crippen LogP contribution is 2.36. The molecule has 0 bridgehead atoms. The van der Waals surface area contributed by atoms with Gasteiger partial charge in [0.1, 0.15) is 0 Å². The van der Waals surface area contributed by atoms with Crippen molar-refractivity contribution >= 4 is 20.9 Å². The lowest BCUT2D eigenvalue weighted by Crippen LogP contribution is -2.38. The third-order valence-electron chi connectivity index (χ3n) is 6.60. The van der Waals surface area contributed by atoms with Gasteiger partial charge < -0.3 is 10.3 Å². The molecule has 1 aliphatic heterocycles. The van der Waals surface area contributed by atoms with Gasteiger partial charge in [-0.05, 0) is 79.6 Å². The molecule has 1 fully saturated rings. The van der Waals surface area contributed by atoms with Crippen LogP contribution in [0.2, 0.25) is 0 Å². The van der Waals surface area contributed by atoms with Crippen molar-refractivity contribution in [2.75, 3.05) is 25.4 Å². The van der Waals surface area contributed by atoms with Crippen LogP contribution in [0.25, 0.3) is 22.0 Å². The van der Waals surface area contributed by atoms with Crippen LogP contribution in [-0.4, -0.2) is 43.1 Å². The first kappa shape index (κ1) is 22.1. The van der Waals surface area contributed by atoms with Crippen molar-refractivity contribution in [3.8, 4) is 11.1 Å². The Morgan fingerprint density at radius 2 is 1.84 bits per heavy atom. The van der Waals surface area contributed by atoms with Gasteiger partial charge in [-0.3, -0.25) is 0 Å². The molecule has 1 saturated heterocycles. The predicted octanol–water partition coefficient (Wildman–Crippen LogP) is 5.03. The number of fused-ring (bicyclic) bond motifs is 1. The van der Waals surface area contributed by atoms with Crippen LogP contribution in [0.15, 0.2) is 48.7 Å². The molecule has 2 heterocycles. The number of hydrogen-bond donors (Lipinski definition) is 2. The van der Waals surface area contributed by atoms with Gasteiger partial charge in [0.05, 0.1) is 5.75 Å². The summed E-state index contributed by atoms with van der Waals surface area (Å²) < 4.78 is 26.0. The third-order valence-corrected chi connectivity index (χ3v) is 8.48. The van der Waals surface area contributed by atoms with Crippen molar-refractivity contribution in [2.24, 2.45) is 0 Å². The summed E-state index contributed by atoms with van der Waals surface area (Å²) in [4.78, 5) is 3.42. The molecular weight excluding hydrogens is 406 g/mol. The van der Waals surface area contributed by atoms with Gasteiger partial charge in [-0.25, -0.2) is 12.7 Å². The Hall–Kier alpha value is -2.15. The van der Waals surface area contributed by atoms with Gasteiger partial charge in [-0.1, -0.05) is 31.2 Å². The van der Waals surface area contributed by atoms with Crippen molar-refractivity contribution in [3.05, 3.63) is 59.8 Å². The number of sulfonamides is 1. The lowest BCUT2D eigenvalue weighted by molar-refractivity contribution is 0.321. The van der Waals surface area contributed by atoms with Gasteiger partial charge in [-0.15, -0.1) is 0 Å². The number of benzene rings is 2. The summed E-state index contributed by atoms with van der Waals surface area (Å²) in [6.45, 7) is 8.21. The summed E-state index contributed by atoms with van der Waals surface area (Å²) in [5.41, 5.74) is 6.17. The van der Waals surface area contributed by atoms with E-state index >= 15 is 0 Å². The second-order valence-electron chi connectivity index (χ2n) is 8.48. The summed E-state index contributed by atoms with van der Waals surface area (Å²) in [5.74, 6) is 0.562. The van der Waals surface area contributed by atoms with Crippen LogP contribution in [-0.2, 0) is 10.0 Å². The number of piperidine rings is 1. The van der Waals surface area contributed by atoms with Gasteiger partial charge in [0.15, 0.2) is 0 Å². The SMILES string of the molecule is CCNC(C)c1cccc(-c2ccc3[nH]cc(C4CCN(S(=O)(=O)CC)CC4)c3c2)c1. The van der Waals surface area contributed by atoms with E-state index in [2.05, 4.69) is 72.8 Å². The molecule has 1 aliphatic rings. The first-order valence-corrected chi connectivity index (χ1v) is 13.0. The molecule has 3 aromatic rings. The molecule has 0 aliphatic carbocycles. The topological polar surface area (TPSA) is 65.2 Å². The van der Waals surface area contributed by atoms with E-state index < -0.39 is 10.0 Å². The molecule has 6 heteroatoms. The zero-order valence-electron chi connectivity index (χ0n) is 18.7. The first-order chi connectivity index (χ1) is 14.9. The average Bonchev–Trinajstić information content (AvgIpc) is 3.22. The molecule has 1 atom stereocenters. The second kappa shape index (κ2) is 9.15. The van der Waals surface area contributed by atoms with Gasteiger partial charge in [0.2, 0.25) is 10.0 Å². The van der Waals surface area contributed by atoms with E-state index in [1.165, 1.54) is 27.6 Å². The van der Waals surface area contributed by atoms with Gasteiger partial charge >= 0.3 is 0 Å². The molecule has 4 rings (SSSR count). The number of nitrogens with one attached hydrogen (secondary N) is 2. The quantitative estimate of drug-likeness (QED) is 0.542. The molecule has 1 unspecified atom stereocenters. The van der Waals surface area contributed by atoms with Crippen molar-refractivity contribution < 1.29 is 8.42 Å². The Labute approximate surface area is 185 Å². The fourth-order valence-corrected chi connectivity index (χ4v) is 5.83. The summed E-state index contributed by atoms with van der Waals surface area (Å²) in [6, 6.07) is 15.7. The number of rotatable bonds is 7. The Morgan fingerprint density at radius 3 is 2.55 bits per heavy atom. The van der Waals surface area contributed by atoms with Crippen LogP contribution in [0.1, 0.15) is 56.7 Å². The maximum absolute atomic E-state index is 12.2. The molecule has 31 heavy (non-hydrogen) atoms. The van der Waals surface area contributed by atoms with Crippen LogP contribution in [0.5, 0.6) is 0 Å². The molecule has 2 aromatic carbocycles. The number of H-pyrrole nitrogens is 1. The normalized spacial score (nSPS) is 17.3. The van der Waals surface area contributed by atoms with E-state index in [9.17, 15) is 8.42 Å². The lowest BCUT2D eigenvalue weighted by atomic mass is 9.89. The molecule has 2 N–H and O–H groups in total. The first-order valence-electron chi connectivity index (χ1n) is 11.4. The molecular formula is C25H33N3O2S. The minimum Gasteiger partial charge on any atom is -0.361 e. The van der Waals surface area contributed by atoms with E-state index in [4.69, 9.17) is 0 Å². The van der Waals surface area contributed by atoms with E-state index in [1.807, 2.05) is 0 Å². The van der Waals surface area contributed by atoms with Crippen LogP contribution in [0, 0.1) is 0 Å². The summed E-state index contributed by atoms with van der Waals surface area (Å²) in [5, 5.41) is 4.73. The Kier molecular flexibility index (Phi) is 6.51. The highest BCUT2D eigenvalue weighted by molar-refractivity contribution is 7.89. The Balaban J connectivity index is 1.60. The van der Waals surface area contributed by atoms with Crippen LogP contribution in [0.4, 0.5) is 0 Å². The maximum Gasteiger partial charge on any atom is 0.213 e. The number of aromatic nitrogens is 1. The summed E-state index contributed by atoms with van der Waals surface area (Å²) >= 11 is 0. The van der Waals surface area contributed by atoms with E-state index in [0.29, 0.717) is 25.0 Å². The maximum atomic E-state index is 12.2. The van der Waals surface area contributed by atoms with Crippen molar-refractivity contribution in [2.45, 2.75) is 45.6 Å². The Bertz CT molecular complexity index is 1140.